The fourth-order valence-electron chi connectivity index (χ4n) is 3.12. The molecule has 0 unspecified atom stereocenters. The van der Waals surface area contributed by atoms with Gasteiger partial charge in [0, 0.05) is 29.0 Å². The van der Waals surface area contributed by atoms with Gasteiger partial charge in [0.2, 0.25) is 5.89 Å². The lowest BCUT2D eigenvalue weighted by atomic mass is 10.2. The van der Waals surface area contributed by atoms with Gasteiger partial charge in [-0.15, -0.1) is 0 Å². The minimum absolute atomic E-state index is 0.197. The Bertz CT molecular complexity index is 1340. The molecule has 0 spiro atoms. The predicted octanol–water partition coefficient (Wildman–Crippen LogP) is 4.90. The molecular formula is C22H15N3O4. The number of nitrogens with one attached hydrogen (secondary N) is 1. The number of ether oxygens (including phenoxy) is 1. The molecule has 0 aliphatic carbocycles. The molecule has 1 N–H and O–H groups in total. The maximum absolute atomic E-state index is 12.6. The van der Waals surface area contributed by atoms with E-state index in [1.807, 2.05) is 24.3 Å². The quantitative estimate of drug-likeness (QED) is 0.473. The lowest BCUT2D eigenvalue weighted by Crippen LogP contribution is -2.10. The van der Waals surface area contributed by atoms with Crippen molar-refractivity contribution in [1.29, 1.82) is 0 Å². The summed E-state index contributed by atoms with van der Waals surface area (Å²) in [6, 6.07) is 16.1. The number of aromatic nitrogens is 2. The molecule has 0 radical (unpaired) electrons. The third-order valence-corrected chi connectivity index (χ3v) is 4.52. The molecule has 0 aliphatic heterocycles. The van der Waals surface area contributed by atoms with Gasteiger partial charge in [-0.05, 0) is 42.5 Å². The van der Waals surface area contributed by atoms with Gasteiger partial charge in [0.1, 0.15) is 5.52 Å². The highest BCUT2D eigenvalue weighted by Gasteiger charge is 2.16. The number of nitrogens with zero attached hydrogens (tertiary/aromatic N) is 2. The third kappa shape index (κ3) is 3.08. The van der Waals surface area contributed by atoms with E-state index in [0.717, 1.165) is 10.9 Å². The molecule has 0 fully saturated rings. The zero-order valence-corrected chi connectivity index (χ0v) is 15.4. The zero-order chi connectivity index (χ0) is 19.8. The van der Waals surface area contributed by atoms with Crippen LogP contribution in [0.25, 0.3) is 33.5 Å². The van der Waals surface area contributed by atoms with E-state index in [9.17, 15) is 4.79 Å². The molecule has 7 heteroatoms. The second-order valence-corrected chi connectivity index (χ2v) is 6.38. The molecule has 7 nitrogen and oxygen atoms in total. The van der Waals surface area contributed by atoms with E-state index < -0.39 is 0 Å². The van der Waals surface area contributed by atoms with Crippen molar-refractivity contribution >= 4 is 33.7 Å². The average Bonchev–Trinajstić information content (AvgIpc) is 3.38. The number of hydrogen-bond donors (Lipinski definition) is 1. The van der Waals surface area contributed by atoms with Crippen LogP contribution in [0.1, 0.15) is 10.6 Å². The third-order valence-electron chi connectivity index (χ3n) is 4.52. The van der Waals surface area contributed by atoms with Crippen molar-refractivity contribution in [1.82, 2.24) is 9.97 Å². The number of carbonyl (C=O) groups excluding carboxylic acids is 1. The minimum Gasteiger partial charge on any atom is -0.493 e. The zero-order valence-electron chi connectivity index (χ0n) is 15.4. The van der Waals surface area contributed by atoms with Crippen LogP contribution in [-0.2, 0) is 0 Å². The highest BCUT2D eigenvalue weighted by molar-refractivity contribution is 6.05. The molecular weight excluding hydrogens is 370 g/mol. The number of benzene rings is 2. The highest BCUT2D eigenvalue weighted by Crippen LogP contribution is 2.29. The predicted molar refractivity (Wildman–Crippen MR) is 108 cm³/mol. The van der Waals surface area contributed by atoms with Crippen molar-refractivity contribution in [3.63, 3.8) is 0 Å². The van der Waals surface area contributed by atoms with Crippen LogP contribution in [0, 0.1) is 0 Å². The number of amides is 1. The first-order valence-electron chi connectivity index (χ1n) is 8.90. The smallest absolute Gasteiger partial charge is 0.291 e. The van der Waals surface area contributed by atoms with Gasteiger partial charge < -0.3 is 18.9 Å². The van der Waals surface area contributed by atoms with E-state index >= 15 is 0 Å². The molecule has 142 valence electrons. The first-order valence-corrected chi connectivity index (χ1v) is 8.90. The Labute approximate surface area is 164 Å². The topological polar surface area (TPSA) is 90.4 Å². The van der Waals surface area contributed by atoms with Gasteiger partial charge in [0.05, 0.1) is 7.11 Å². The summed E-state index contributed by atoms with van der Waals surface area (Å²) in [7, 11) is 1.56. The largest absolute Gasteiger partial charge is 0.493 e. The number of oxazole rings is 1. The standard InChI is InChI=1S/C22H15N3O4/c1-27-18-4-2-3-14-11-19(28-20(14)18)21(26)24-15-5-6-17-16(12-15)25-22(29-17)13-7-9-23-10-8-13/h2-12H,1H3,(H,24,26). The Balaban J connectivity index is 1.43. The van der Waals surface area contributed by atoms with Crippen LogP contribution in [0.15, 0.2) is 75.8 Å². The van der Waals surface area contributed by atoms with Gasteiger partial charge in [-0.3, -0.25) is 9.78 Å². The lowest BCUT2D eigenvalue weighted by Gasteiger charge is -2.02. The molecule has 3 heterocycles. The summed E-state index contributed by atoms with van der Waals surface area (Å²) in [6.07, 6.45) is 3.36. The van der Waals surface area contributed by atoms with Gasteiger partial charge >= 0.3 is 0 Å². The number of anilines is 1. The number of fused-ring (bicyclic) bond motifs is 2. The molecule has 0 bridgehead atoms. The van der Waals surface area contributed by atoms with Crippen LogP contribution in [0.2, 0.25) is 0 Å². The molecule has 0 atom stereocenters. The SMILES string of the molecule is COc1cccc2cc(C(=O)Nc3ccc4oc(-c5ccncc5)nc4c3)oc12. The van der Waals surface area contributed by atoms with Crippen molar-refractivity contribution in [3.8, 4) is 17.2 Å². The van der Waals surface area contributed by atoms with Crippen LogP contribution in [0.5, 0.6) is 5.75 Å². The van der Waals surface area contributed by atoms with E-state index in [1.54, 1.807) is 49.8 Å². The Morgan fingerprint density at radius 2 is 1.90 bits per heavy atom. The molecule has 5 aromatic rings. The van der Waals surface area contributed by atoms with Crippen molar-refractivity contribution < 1.29 is 18.4 Å². The van der Waals surface area contributed by atoms with Crippen molar-refractivity contribution in [2.24, 2.45) is 0 Å². The van der Waals surface area contributed by atoms with Gasteiger partial charge in [-0.1, -0.05) is 12.1 Å². The van der Waals surface area contributed by atoms with Crippen molar-refractivity contribution in [2.75, 3.05) is 12.4 Å². The minimum atomic E-state index is -0.361. The molecule has 0 aliphatic rings. The van der Waals surface area contributed by atoms with Crippen LogP contribution in [0.4, 0.5) is 5.69 Å². The molecule has 0 saturated heterocycles. The highest BCUT2D eigenvalue weighted by atomic mass is 16.5. The van der Waals surface area contributed by atoms with Crippen LogP contribution in [0.3, 0.4) is 0 Å². The number of furan rings is 1. The lowest BCUT2D eigenvalue weighted by molar-refractivity contribution is 0.0998. The van der Waals surface area contributed by atoms with E-state index in [-0.39, 0.29) is 11.7 Å². The molecule has 1 amide bonds. The number of pyridine rings is 1. The second kappa shape index (κ2) is 6.79. The van der Waals surface area contributed by atoms with E-state index in [2.05, 4.69) is 15.3 Å². The summed E-state index contributed by atoms with van der Waals surface area (Å²) in [4.78, 5) is 21.1. The average molecular weight is 385 g/mol. The Kier molecular flexibility index (Phi) is 3.98. The van der Waals surface area contributed by atoms with Gasteiger partial charge in [-0.25, -0.2) is 4.98 Å². The van der Waals surface area contributed by atoms with Gasteiger partial charge in [0.15, 0.2) is 22.7 Å². The Morgan fingerprint density at radius 1 is 1.03 bits per heavy atom. The van der Waals surface area contributed by atoms with E-state index in [0.29, 0.717) is 34.0 Å². The van der Waals surface area contributed by atoms with E-state index in [1.165, 1.54) is 0 Å². The number of methoxy groups -OCH3 is 1. The van der Waals surface area contributed by atoms with Crippen molar-refractivity contribution in [2.45, 2.75) is 0 Å². The molecule has 3 aromatic heterocycles. The van der Waals surface area contributed by atoms with Gasteiger partial charge in [-0.2, -0.15) is 0 Å². The summed E-state index contributed by atoms with van der Waals surface area (Å²) in [6.45, 7) is 0. The second-order valence-electron chi connectivity index (χ2n) is 6.38. The fourth-order valence-corrected chi connectivity index (χ4v) is 3.12. The summed E-state index contributed by atoms with van der Waals surface area (Å²) in [5.74, 6) is 0.909. The first kappa shape index (κ1) is 17.0. The van der Waals surface area contributed by atoms with Crippen LogP contribution in [-0.4, -0.2) is 23.0 Å². The summed E-state index contributed by atoms with van der Waals surface area (Å²) in [5, 5.41) is 3.63. The van der Waals surface area contributed by atoms with Crippen molar-refractivity contribution in [3.05, 3.63) is 72.8 Å². The first-order chi connectivity index (χ1) is 14.2. The van der Waals surface area contributed by atoms with Crippen LogP contribution < -0.4 is 10.1 Å². The maximum atomic E-state index is 12.6. The summed E-state index contributed by atoms with van der Waals surface area (Å²) < 4.78 is 16.8. The number of rotatable bonds is 4. The number of hydrogen-bond acceptors (Lipinski definition) is 6. The van der Waals surface area contributed by atoms with Gasteiger partial charge in [0.25, 0.3) is 5.91 Å². The van der Waals surface area contributed by atoms with E-state index in [4.69, 9.17) is 13.6 Å². The Morgan fingerprint density at radius 3 is 2.72 bits per heavy atom. The molecule has 5 rings (SSSR count). The normalized spacial score (nSPS) is 11.1. The summed E-state index contributed by atoms with van der Waals surface area (Å²) >= 11 is 0. The maximum Gasteiger partial charge on any atom is 0.291 e. The Hall–Kier alpha value is -4.13. The monoisotopic (exact) mass is 385 g/mol. The molecule has 2 aromatic carbocycles. The van der Waals surface area contributed by atoms with Crippen LogP contribution >= 0.6 is 0 Å². The molecule has 0 saturated carbocycles. The fraction of sp³-hybridized carbons (Fsp3) is 0.0455. The summed E-state index contributed by atoms with van der Waals surface area (Å²) in [5.41, 5.74) is 3.22. The number of para-hydroxylation sites is 1. The molecule has 29 heavy (non-hydrogen) atoms. The number of carbonyl (C=O) groups is 1.